The molecule has 0 N–H and O–H groups in total. The van der Waals surface area contributed by atoms with Crippen LogP contribution in [-0.4, -0.2) is 32.5 Å². The van der Waals surface area contributed by atoms with E-state index in [4.69, 9.17) is 9.47 Å². The van der Waals surface area contributed by atoms with Crippen LogP contribution in [0, 0.1) is 0 Å². The van der Waals surface area contributed by atoms with Crippen molar-refractivity contribution in [1.82, 2.24) is 14.3 Å². The first-order valence-electron chi connectivity index (χ1n) is 10.9. The molecule has 7 nitrogen and oxygen atoms in total. The molecule has 0 aliphatic heterocycles. The largest absolute Gasteiger partial charge is 0.476 e. The van der Waals surface area contributed by atoms with E-state index >= 15 is 0 Å². The molecule has 0 saturated carbocycles. The smallest absolute Gasteiger partial charge is 0.349 e. The predicted molar refractivity (Wildman–Crippen MR) is 117 cm³/mol. The van der Waals surface area contributed by atoms with Gasteiger partial charge in [-0.3, -0.25) is 4.57 Å². The fourth-order valence-corrected chi connectivity index (χ4v) is 3.34. The van der Waals surface area contributed by atoms with Gasteiger partial charge in [0.2, 0.25) is 0 Å². The lowest BCUT2D eigenvalue weighted by molar-refractivity contribution is -0.158. The molecule has 166 valence electrons. The molecule has 0 atom stereocenters. The zero-order chi connectivity index (χ0) is 22.1. The van der Waals surface area contributed by atoms with E-state index in [1.165, 1.54) is 4.68 Å². The first-order chi connectivity index (χ1) is 14.3. The number of aryl methyl sites for hydroxylation is 3. The Kier molecular flexibility index (Phi) is 8.69. The monoisotopic (exact) mass is 417 g/mol. The topological polar surface area (TPSA) is 75.3 Å². The van der Waals surface area contributed by atoms with Gasteiger partial charge < -0.3 is 9.47 Å². The molecule has 0 amide bonds. The summed E-state index contributed by atoms with van der Waals surface area (Å²) in [6.45, 7) is 10.8. The highest BCUT2D eigenvalue weighted by Gasteiger charge is 2.31. The van der Waals surface area contributed by atoms with E-state index in [2.05, 4.69) is 18.1 Å². The number of carbonyl (C=O) groups is 1. The third-order valence-electron chi connectivity index (χ3n) is 4.90. The molecule has 2 aromatic rings. The number of ether oxygens (including phenoxy) is 2. The molecule has 0 fully saturated rings. The van der Waals surface area contributed by atoms with Crippen LogP contribution in [0.3, 0.4) is 0 Å². The van der Waals surface area contributed by atoms with Crippen LogP contribution in [0.15, 0.2) is 29.1 Å². The maximum atomic E-state index is 12.3. The molecule has 1 heterocycles. The highest BCUT2D eigenvalue weighted by Crippen LogP contribution is 2.22. The predicted octanol–water partition coefficient (Wildman–Crippen LogP) is 3.76. The van der Waals surface area contributed by atoms with Crippen molar-refractivity contribution >= 4 is 5.97 Å². The first-order valence-corrected chi connectivity index (χ1v) is 10.9. The van der Waals surface area contributed by atoms with Crippen LogP contribution in [0.5, 0.6) is 5.75 Å². The molecule has 0 saturated heterocycles. The standard InChI is InChI=1S/C23H35N3O4/c1-6-16-25-20(24-26(7-2)22(25)28)15-10-9-12-18-13-11-14-19(17-18)30-23(4,5)21(27)29-8-3/h11,13-14,17H,6-10,12,15-16H2,1-5H3. The molecule has 0 aliphatic carbocycles. The van der Waals surface area contributed by atoms with Crippen LogP contribution in [0.2, 0.25) is 0 Å². The molecule has 0 radical (unpaired) electrons. The maximum absolute atomic E-state index is 12.3. The van der Waals surface area contributed by atoms with Gasteiger partial charge in [0.15, 0.2) is 5.60 Å². The molecule has 2 rings (SSSR count). The normalized spacial score (nSPS) is 11.5. The van der Waals surface area contributed by atoms with Crippen molar-refractivity contribution in [3.63, 3.8) is 0 Å². The molecule has 7 heteroatoms. The van der Waals surface area contributed by atoms with Crippen molar-refractivity contribution in [3.05, 3.63) is 46.1 Å². The second-order valence-corrected chi connectivity index (χ2v) is 7.85. The van der Waals surface area contributed by atoms with E-state index < -0.39 is 5.60 Å². The van der Waals surface area contributed by atoms with Gasteiger partial charge in [0, 0.05) is 19.5 Å². The van der Waals surface area contributed by atoms with Crippen molar-refractivity contribution in [2.45, 2.75) is 85.4 Å². The summed E-state index contributed by atoms with van der Waals surface area (Å²) >= 11 is 0. The lowest BCUT2D eigenvalue weighted by atomic mass is 10.1. The summed E-state index contributed by atoms with van der Waals surface area (Å²) in [4.78, 5) is 24.4. The SMILES string of the molecule is CCCn1c(CCCCc2cccc(OC(C)(C)C(=O)OCC)c2)nn(CC)c1=O. The summed E-state index contributed by atoms with van der Waals surface area (Å²) < 4.78 is 14.3. The van der Waals surface area contributed by atoms with Crippen LogP contribution in [-0.2, 0) is 35.5 Å². The fraction of sp³-hybridized carbons (Fsp3) is 0.609. The number of esters is 1. The quantitative estimate of drug-likeness (QED) is 0.388. The van der Waals surface area contributed by atoms with Gasteiger partial charge in [0.05, 0.1) is 6.61 Å². The summed E-state index contributed by atoms with van der Waals surface area (Å²) in [6, 6.07) is 7.82. The Labute approximate surface area is 179 Å². The minimum atomic E-state index is -1.03. The van der Waals surface area contributed by atoms with Gasteiger partial charge in [0.25, 0.3) is 0 Å². The summed E-state index contributed by atoms with van der Waals surface area (Å²) in [5.41, 5.74) is 0.107. The Balaban J connectivity index is 1.93. The van der Waals surface area contributed by atoms with Crippen LogP contribution in [0.4, 0.5) is 0 Å². The highest BCUT2D eigenvalue weighted by atomic mass is 16.6. The molecule has 0 spiro atoms. The lowest BCUT2D eigenvalue weighted by Crippen LogP contribution is -2.39. The third kappa shape index (κ3) is 6.21. The van der Waals surface area contributed by atoms with Crippen molar-refractivity contribution in [1.29, 1.82) is 0 Å². The van der Waals surface area contributed by atoms with Crippen LogP contribution >= 0.6 is 0 Å². The Hall–Kier alpha value is -2.57. The van der Waals surface area contributed by atoms with Gasteiger partial charge in [-0.25, -0.2) is 14.3 Å². The fourth-order valence-electron chi connectivity index (χ4n) is 3.34. The second-order valence-electron chi connectivity index (χ2n) is 7.85. The Morgan fingerprint density at radius 2 is 1.87 bits per heavy atom. The average Bonchev–Trinajstić information content (AvgIpc) is 3.01. The van der Waals surface area contributed by atoms with E-state index in [9.17, 15) is 9.59 Å². The molecule has 0 unspecified atom stereocenters. The van der Waals surface area contributed by atoms with E-state index in [-0.39, 0.29) is 11.7 Å². The first kappa shape index (κ1) is 23.7. The van der Waals surface area contributed by atoms with Crippen LogP contribution in [0.25, 0.3) is 0 Å². The Morgan fingerprint density at radius 1 is 1.13 bits per heavy atom. The molecule has 0 aliphatic rings. The van der Waals surface area contributed by atoms with Crippen LogP contribution < -0.4 is 10.4 Å². The van der Waals surface area contributed by atoms with Crippen molar-refractivity contribution < 1.29 is 14.3 Å². The number of hydrogen-bond acceptors (Lipinski definition) is 5. The minimum Gasteiger partial charge on any atom is -0.476 e. The van der Waals surface area contributed by atoms with E-state index in [0.717, 1.165) is 43.5 Å². The number of carbonyl (C=O) groups excluding carboxylic acids is 1. The zero-order valence-electron chi connectivity index (χ0n) is 18.9. The molecule has 1 aromatic heterocycles. The third-order valence-corrected chi connectivity index (χ3v) is 4.90. The van der Waals surface area contributed by atoms with Crippen molar-refractivity contribution in [3.8, 4) is 5.75 Å². The van der Waals surface area contributed by atoms with Crippen molar-refractivity contribution in [2.24, 2.45) is 0 Å². The van der Waals surface area contributed by atoms with Gasteiger partial charge in [-0.05, 0) is 71.1 Å². The molecular formula is C23H35N3O4. The van der Waals surface area contributed by atoms with Gasteiger partial charge in [-0.2, -0.15) is 5.10 Å². The lowest BCUT2D eigenvalue weighted by Gasteiger charge is -2.24. The van der Waals surface area contributed by atoms with Gasteiger partial charge in [0.1, 0.15) is 11.6 Å². The van der Waals surface area contributed by atoms with E-state index in [1.54, 1.807) is 25.3 Å². The number of nitrogens with zero attached hydrogens (tertiary/aromatic N) is 3. The number of aromatic nitrogens is 3. The van der Waals surface area contributed by atoms with E-state index in [0.29, 0.717) is 25.4 Å². The summed E-state index contributed by atoms with van der Waals surface area (Å²) in [7, 11) is 0. The Morgan fingerprint density at radius 3 is 2.53 bits per heavy atom. The average molecular weight is 418 g/mol. The second kappa shape index (κ2) is 11.0. The summed E-state index contributed by atoms with van der Waals surface area (Å²) in [6.07, 6.45) is 4.52. The number of hydrogen-bond donors (Lipinski definition) is 0. The highest BCUT2D eigenvalue weighted by molar-refractivity contribution is 5.79. The van der Waals surface area contributed by atoms with E-state index in [1.807, 2.05) is 25.1 Å². The number of rotatable bonds is 12. The summed E-state index contributed by atoms with van der Waals surface area (Å²) in [5.74, 6) is 1.15. The van der Waals surface area contributed by atoms with Gasteiger partial charge in [-0.1, -0.05) is 19.1 Å². The van der Waals surface area contributed by atoms with Gasteiger partial charge in [-0.15, -0.1) is 0 Å². The molecule has 0 bridgehead atoms. The maximum Gasteiger partial charge on any atom is 0.349 e. The number of benzene rings is 1. The summed E-state index contributed by atoms with van der Waals surface area (Å²) in [5, 5.41) is 4.48. The molecule has 1 aromatic carbocycles. The Bertz CT molecular complexity index is 883. The molecular weight excluding hydrogens is 382 g/mol. The molecule has 30 heavy (non-hydrogen) atoms. The zero-order valence-corrected chi connectivity index (χ0v) is 18.9. The van der Waals surface area contributed by atoms with Crippen LogP contribution in [0.1, 0.15) is 65.3 Å². The van der Waals surface area contributed by atoms with Crippen molar-refractivity contribution in [2.75, 3.05) is 6.61 Å². The van der Waals surface area contributed by atoms with Gasteiger partial charge >= 0.3 is 11.7 Å². The number of unbranched alkanes of at least 4 members (excludes halogenated alkanes) is 1. The minimum absolute atomic E-state index is 0.0107.